The molecule has 3 N–H and O–H groups in total. The molecule has 0 saturated carbocycles. The third-order valence-corrected chi connectivity index (χ3v) is 1.77. The molecule has 1 aromatic rings. The third kappa shape index (κ3) is 2.26. The molecule has 74 valence electrons. The Kier molecular flexibility index (Phi) is 2.76. The Morgan fingerprint density at radius 3 is 2.43 bits per heavy atom. The van der Waals surface area contributed by atoms with Crippen molar-refractivity contribution in [3.05, 3.63) is 29.8 Å². The molecule has 0 aliphatic heterocycles. The van der Waals surface area contributed by atoms with E-state index in [-0.39, 0.29) is 11.5 Å². The molecule has 0 radical (unpaired) electrons. The largest absolute Gasteiger partial charge is 0.504 e. The van der Waals surface area contributed by atoms with Crippen LogP contribution in [0, 0.1) is 0 Å². The molecular formula is C10H10O4. The fourth-order valence-electron chi connectivity index (χ4n) is 1.04. The maximum absolute atomic E-state index is 10.3. The van der Waals surface area contributed by atoms with Crippen LogP contribution in [-0.2, 0) is 4.79 Å². The second-order valence-electron chi connectivity index (χ2n) is 2.87. The fraction of sp³-hybridized carbons (Fsp3) is 0.100. The molecule has 0 bridgehead atoms. The molecule has 0 fully saturated rings. The Balaban J connectivity index is 3.09. The normalized spacial score (nSPS) is 11.4. The van der Waals surface area contributed by atoms with Gasteiger partial charge in [-0.05, 0) is 30.2 Å². The third-order valence-electron chi connectivity index (χ3n) is 1.77. The number of phenols is 2. The lowest BCUT2D eigenvalue weighted by molar-refractivity contribution is -0.131. The van der Waals surface area contributed by atoms with Crippen LogP contribution >= 0.6 is 0 Å². The minimum Gasteiger partial charge on any atom is -0.504 e. The highest BCUT2D eigenvalue weighted by atomic mass is 16.4. The maximum Gasteiger partial charge on any atom is 0.328 e. The van der Waals surface area contributed by atoms with Crippen molar-refractivity contribution in [3.8, 4) is 11.5 Å². The molecule has 0 unspecified atom stereocenters. The van der Waals surface area contributed by atoms with Gasteiger partial charge in [-0.1, -0.05) is 6.07 Å². The van der Waals surface area contributed by atoms with Gasteiger partial charge in [0, 0.05) is 6.08 Å². The van der Waals surface area contributed by atoms with E-state index in [0.29, 0.717) is 11.1 Å². The first-order chi connectivity index (χ1) is 6.50. The summed E-state index contributed by atoms with van der Waals surface area (Å²) in [6.45, 7) is 1.61. The van der Waals surface area contributed by atoms with Gasteiger partial charge < -0.3 is 15.3 Å². The van der Waals surface area contributed by atoms with Gasteiger partial charge >= 0.3 is 5.97 Å². The lowest BCUT2D eigenvalue weighted by atomic mass is 10.1. The average Bonchev–Trinajstić information content (AvgIpc) is 2.08. The van der Waals surface area contributed by atoms with Crippen LogP contribution in [0.3, 0.4) is 0 Å². The zero-order valence-corrected chi connectivity index (χ0v) is 7.56. The lowest BCUT2D eigenvalue weighted by Gasteiger charge is -2.02. The van der Waals surface area contributed by atoms with Gasteiger partial charge in [0.05, 0.1) is 0 Å². The van der Waals surface area contributed by atoms with Crippen LogP contribution in [0.25, 0.3) is 5.57 Å². The second-order valence-corrected chi connectivity index (χ2v) is 2.87. The minimum atomic E-state index is -1.05. The van der Waals surface area contributed by atoms with E-state index in [4.69, 9.17) is 15.3 Å². The summed E-state index contributed by atoms with van der Waals surface area (Å²) >= 11 is 0. The van der Waals surface area contributed by atoms with Gasteiger partial charge in [0.2, 0.25) is 0 Å². The summed E-state index contributed by atoms with van der Waals surface area (Å²) in [5, 5.41) is 26.7. The predicted molar refractivity (Wildman–Crippen MR) is 51.1 cm³/mol. The summed E-state index contributed by atoms with van der Waals surface area (Å²) in [5.41, 5.74) is 1.07. The quantitative estimate of drug-likeness (QED) is 0.493. The second kappa shape index (κ2) is 3.83. The fourth-order valence-corrected chi connectivity index (χ4v) is 1.04. The number of carbonyl (C=O) groups is 1. The zero-order valence-electron chi connectivity index (χ0n) is 7.56. The summed E-state index contributed by atoms with van der Waals surface area (Å²) in [6.07, 6.45) is 1.03. The van der Waals surface area contributed by atoms with Crippen molar-refractivity contribution >= 4 is 11.5 Å². The van der Waals surface area contributed by atoms with Gasteiger partial charge in [0.15, 0.2) is 11.5 Å². The first-order valence-corrected chi connectivity index (χ1v) is 3.94. The van der Waals surface area contributed by atoms with Crippen molar-refractivity contribution in [1.29, 1.82) is 0 Å². The Morgan fingerprint density at radius 1 is 1.29 bits per heavy atom. The highest BCUT2D eigenvalue weighted by Crippen LogP contribution is 2.27. The summed E-state index contributed by atoms with van der Waals surface area (Å²) < 4.78 is 0. The number of phenolic OH excluding ortho intramolecular Hbond substituents is 2. The topological polar surface area (TPSA) is 77.8 Å². The number of hydrogen-bond acceptors (Lipinski definition) is 3. The van der Waals surface area contributed by atoms with E-state index < -0.39 is 5.97 Å². The highest BCUT2D eigenvalue weighted by Gasteiger charge is 2.03. The van der Waals surface area contributed by atoms with Crippen LogP contribution in [0.5, 0.6) is 11.5 Å². The van der Waals surface area contributed by atoms with Gasteiger partial charge in [0.1, 0.15) is 0 Å². The Bertz CT molecular complexity index is 393. The molecule has 1 aromatic carbocycles. The molecule has 0 aromatic heterocycles. The van der Waals surface area contributed by atoms with E-state index >= 15 is 0 Å². The Morgan fingerprint density at radius 2 is 1.93 bits per heavy atom. The number of aliphatic carboxylic acids is 1. The lowest BCUT2D eigenvalue weighted by Crippen LogP contribution is -1.89. The van der Waals surface area contributed by atoms with Gasteiger partial charge in [-0.2, -0.15) is 0 Å². The van der Waals surface area contributed by atoms with Crippen LogP contribution in [0.15, 0.2) is 24.3 Å². The van der Waals surface area contributed by atoms with E-state index in [1.807, 2.05) is 0 Å². The molecule has 14 heavy (non-hydrogen) atoms. The standard InChI is InChI=1S/C10H10O4/c1-6(4-10(13)14)7-2-3-8(11)9(12)5-7/h2-5,11-12H,1H3,(H,13,14)/b6-4+. The van der Waals surface area contributed by atoms with Crippen molar-refractivity contribution in [1.82, 2.24) is 0 Å². The number of carboxylic acids is 1. The molecule has 0 heterocycles. The van der Waals surface area contributed by atoms with Crippen LogP contribution < -0.4 is 0 Å². The monoisotopic (exact) mass is 194 g/mol. The minimum absolute atomic E-state index is 0.225. The molecule has 4 heteroatoms. The van der Waals surface area contributed by atoms with Gasteiger partial charge in [-0.15, -0.1) is 0 Å². The first-order valence-electron chi connectivity index (χ1n) is 3.94. The summed E-state index contributed by atoms with van der Waals surface area (Å²) in [6, 6.07) is 4.15. The molecule has 0 aliphatic carbocycles. The molecule has 0 aliphatic rings. The highest BCUT2D eigenvalue weighted by molar-refractivity contribution is 5.89. The average molecular weight is 194 g/mol. The van der Waals surface area contributed by atoms with Gasteiger partial charge in [-0.3, -0.25) is 0 Å². The summed E-state index contributed by atoms with van der Waals surface area (Å²) in [5.74, 6) is -1.53. The SMILES string of the molecule is C/C(=C\C(=O)O)c1ccc(O)c(O)c1. The molecular weight excluding hydrogens is 184 g/mol. The molecule has 0 amide bonds. The first kappa shape index (κ1) is 10.1. The Hall–Kier alpha value is -1.97. The number of allylic oxidation sites excluding steroid dienone is 1. The molecule has 0 atom stereocenters. The van der Waals surface area contributed by atoms with Crippen molar-refractivity contribution in [3.63, 3.8) is 0 Å². The number of rotatable bonds is 2. The molecule has 1 rings (SSSR count). The van der Waals surface area contributed by atoms with E-state index in [1.54, 1.807) is 6.92 Å². The number of aromatic hydroxyl groups is 2. The number of carboxylic acid groups (broad SMARTS) is 1. The van der Waals surface area contributed by atoms with E-state index in [9.17, 15) is 4.79 Å². The van der Waals surface area contributed by atoms with Crippen LogP contribution in [-0.4, -0.2) is 21.3 Å². The summed E-state index contributed by atoms with van der Waals surface area (Å²) in [7, 11) is 0. The van der Waals surface area contributed by atoms with Crippen molar-refractivity contribution < 1.29 is 20.1 Å². The van der Waals surface area contributed by atoms with Crippen molar-refractivity contribution in [2.24, 2.45) is 0 Å². The number of benzene rings is 1. The van der Waals surface area contributed by atoms with Crippen LogP contribution in [0.4, 0.5) is 0 Å². The van der Waals surface area contributed by atoms with E-state index in [2.05, 4.69) is 0 Å². The zero-order chi connectivity index (χ0) is 10.7. The van der Waals surface area contributed by atoms with Crippen molar-refractivity contribution in [2.45, 2.75) is 6.92 Å². The summed E-state index contributed by atoms with van der Waals surface area (Å²) in [4.78, 5) is 10.3. The van der Waals surface area contributed by atoms with Gasteiger partial charge in [-0.25, -0.2) is 4.79 Å². The smallest absolute Gasteiger partial charge is 0.328 e. The number of hydrogen-bond donors (Lipinski definition) is 3. The molecule has 4 nitrogen and oxygen atoms in total. The van der Waals surface area contributed by atoms with E-state index in [1.165, 1.54) is 18.2 Å². The maximum atomic E-state index is 10.3. The van der Waals surface area contributed by atoms with E-state index in [0.717, 1.165) is 6.08 Å². The van der Waals surface area contributed by atoms with Crippen LogP contribution in [0.1, 0.15) is 12.5 Å². The molecule has 0 saturated heterocycles. The predicted octanol–water partition coefficient (Wildman–Crippen LogP) is 1.59. The molecule has 0 spiro atoms. The van der Waals surface area contributed by atoms with Gasteiger partial charge in [0.25, 0.3) is 0 Å². The van der Waals surface area contributed by atoms with Crippen LogP contribution in [0.2, 0.25) is 0 Å². The Labute approximate surface area is 80.7 Å². The van der Waals surface area contributed by atoms with Crippen molar-refractivity contribution in [2.75, 3.05) is 0 Å².